The summed E-state index contributed by atoms with van der Waals surface area (Å²) in [6.07, 6.45) is 2.59. The highest BCUT2D eigenvalue weighted by molar-refractivity contribution is 6.32. The van der Waals surface area contributed by atoms with Gasteiger partial charge in [0, 0.05) is 19.1 Å². The molecular formula is C15H23ClN2O. The van der Waals surface area contributed by atoms with E-state index in [0.29, 0.717) is 11.1 Å². The molecule has 1 aliphatic heterocycles. The highest BCUT2D eigenvalue weighted by Gasteiger charge is 2.17. The normalized spacial score (nSPS) is 19.1. The van der Waals surface area contributed by atoms with Crippen molar-refractivity contribution >= 4 is 11.6 Å². The van der Waals surface area contributed by atoms with E-state index < -0.39 is 0 Å². The SMILES string of the molecule is CCN(Cc1ccc(OC)c(Cl)c1)CC1CCCN1. The Bertz CT molecular complexity index is 405. The predicted molar refractivity (Wildman–Crippen MR) is 80.0 cm³/mol. The molecule has 0 spiro atoms. The third-order valence-corrected chi connectivity index (χ3v) is 4.01. The summed E-state index contributed by atoms with van der Waals surface area (Å²) in [6, 6.07) is 6.69. The second-order valence-corrected chi connectivity index (χ2v) is 5.50. The molecule has 1 saturated heterocycles. The summed E-state index contributed by atoms with van der Waals surface area (Å²) < 4.78 is 5.18. The average molecular weight is 283 g/mol. The molecular weight excluding hydrogens is 260 g/mol. The van der Waals surface area contributed by atoms with Gasteiger partial charge in [-0.2, -0.15) is 0 Å². The minimum absolute atomic E-state index is 0.647. The van der Waals surface area contributed by atoms with Crippen molar-refractivity contribution in [1.29, 1.82) is 0 Å². The van der Waals surface area contributed by atoms with Gasteiger partial charge in [0.05, 0.1) is 12.1 Å². The van der Waals surface area contributed by atoms with Gasteiger partial charge in [-0.25, -0.2) is 0 Å². The Morgan fingerprint density at radius 1 is 1.47 bits per heavy atom. The Labute approximate surface area is 120 Å². The molecule has 1 atom stereocenters. The van der Waals surface area contributed by atoms with Crippen LogP contribution in [0.25, 0.3) is 0 Å². The topological polar surface area (TPSA) is 24.5 Å². The lowest BCUT2D eigenvalue weighted by Crippen LogP contribution is -2.37. The van der Waals surface area contributed by atoms with Gasteiger partial charge in [0.25, 0.3) is 0 Å². The summed E-state index contributed by atoms with van der Waals surface area (Å²) in [5.41, 5.74) is 1.24. The van der Waals surface area contributed by atoms with Crippen LogP contribution in [0.15, 0.2) is 18.2 Å². The average Bonchev–Trinajstić information content (AvgIpc) is 2.91. The molecule has 1 aromatic carbocycles. The first-order valence-electron chi connectivity index (χ1n) is 7.01. The highest BCUT2D eigenvalue weighted by atomic mass is 35.5. The maximum atomic E-state index is 6.17. The maximum absolute atomic E-state index is 6.17. The van der Waals surface area contributed by atoms with E-state index >= 15 is 0 Å². The summed E-state index contributed by atoms with van der Waals surface area (Å²) >= 11 is 6.17. The van der Waals surface area contributed by atoms with E-state index in [1.54, 1.807) is 7.11 Å². The largest absolute Gasteiger partial charge is 0.495 e. The third kappa shape index (κ3) is 4.10. The summed E-state index contributed by atoms with van der Waals surface area (Å²) in [5.74, 6) is 0.742. The van der Waals surface area contributed by atoms with Crippen LogP contribution in [-0.4, -0.2) is 37.7 Å². The van der Waals surface area contributed by atoms with Crippen LogP contribution in [0, 0.1) is 0 Å². The molecule has 0 radical (unpaired) electrons. The number of halogens is 1. The van der Waals surface area contributed by atoms with Gasteiger partial charge in [0.2, 0.25) is 0 Å². The van der Waals surface area contributed by atoms with Gasteiger partial charge < -0.3 is 10.1 Å². The van der Waals surface area contributed by atoms with E-state index in [0.717, 1.165) is 31.9 Å². The van der Waals surface area contributed by atoms with Crippen LogP contribution in [0.5, 0.6) is 5.75 Å². The molecule has 2 rings (SSSR count). The van der Waals surface area contributed by atoms with Crippen molar-refractivity contribution in [3.8, 4) is 5.75 Å². The first kappa shape index (κ1) is 14.6. The first-order valence-corrected chi connectivity index (χ1v) is 7.39. The number of nitrogens with zero attached hydrogens (tertiary/aromatic N) is 1. The van der Waals surface area contributed by atoms with Gasteiger partial charge >= 0.3 is 0 Å². The molecule has 0 aliphatic carbocycles. The lowest BCUT2D eigenvalue weighted by molar-refractivity contribution is 0.253. The molecule has 1 N–H and O–H groups in total. The lowest BCUT2D eigenvalue weighted by Gasteiger charge is -2.24. The minimum Gasteiger partial charge on any atom is -0.495 e. The Hall–Kier alpha value is -0.770. The van der Waals surface area contributed by atoms with Gasteiger partial charge in [-0.3, -0.25) is 4.90 Å². The van der Waals surface area contributed by atoms with Crippen LogP contribution >= 0.6 is 11.6 Å². The van der Waals surface area contributed by atoms with E-state index in [2.05, 4.69) is 23.2 Å². The molecule has 1 unspecified atom stereocenters. The molecule has 1 aliphatic rings. The van der Waals surface area contributed by atoms with E-state index in [1.165, 1.54) is 18.4 Å². The second-order valence-electron chi connectivity index (χ2n) is 5.09. The predicted octanol–water partition coefficient (Wildman–Crippen LogP) is 2.92. The smallest absolute Gasteiger partial charge is 0.137 e. The number of ether oxygens (including phenoxy) is 1. The fourth-order valence-corrected chi connectivity index (χ4v) is 2.88. The molecule has 0 amide bonds. The van der Waals surface area contributed by atoms with Crippen molar-refractivity contribution in [2.75, 3.05) is 26.7 Å². The number of likely N-dealkylation sites (N-methyl/N-ethyl adjacent to an activating group) is 1. The van der Waals surface area contributed by atoms with Gasteiger partial charge in [-0.15, -0.1) is 0 Å². The van der Waals surface area contributed by atoms with Crippen molar-refractivity contribution in [3.63, 3.8) is 0 Å². The molecule has 3 nitrogen and oxygen atoms in total. The second kappa shape index (κ2) is 7.13. The van der Waals surface area contributed by atoms with E-state index in [9.17, 15) is 0 Å². The van der Waals surface area contributed by atoms with Crippen LogP contribution in [0.3, 0.4) is 0 Å². The summed E-state index contributed by atoms with van der Waals surface area (Å²) in [4.78, 5) is 2.46. The fraction of sp³-hybridized carbons (Fsp3) is 0.600. The molecule has 0 aromatic heterocycles. The lowest BCUT2D eigenvalue weighted by atomic mass is 10.1. The quantitative estimate of drug-likeness (QED) is 0.868. The minimum atomic E-state index is 0.647. The Morgan fingerprint density at radius 2 is 2.32 bits per heavy atom. The van der Waals surface area contributed by atoms with Crippen LogP contribution in [0.4, 0.5) is 0 Å². The summed E-state index contributed by atoms with van der Waals surface area (Å²) in [7, 11) is 1.64. The van der Waals surface area contributed by atoms with E-state index in [-0.39, 0.29) is 0 Å². The van der Waals surface area contributed by atoms with Crippen LogP contribution < -0.4 is 10.1 Å². The van der Waals surface area contributed by atoms with Crippen LogP contribution in [0.2, 0.25) is 5.02 Å². The maximum Gasteiger partial charge on any atom is 0.137 e. The molecule has 1 aromatic rings. The fourth-order valence-electron chi connectivity index (χ4n) is 2.60. The first-order chi connectivity index (χ1) is 9.22. The van der Waals surface area contributed by atoms with E-state index in [4.69, 9.17) is 16.3 Å². The Kier molecular flexibility index (Phi) is 5.49. The zero-order valence-corrected chi connectivity index (χ0v) is 12.5. The highest BCUT2D eigenvalue weighted by Crippen LogP contribution is 2.25. The van der Waals surface area contributed by atoms with Crippen molar-refractivity contribution in [2.45, 2.75) is 32.4 Å². The molecule has 106 valence electrons. The number of methoxy groups -OCH3 is 1. The summed E-state index contributed by atoms with van der Waals surface area (Å²) in [6.45, 7) is 6.48. The van der Waals surface area contributed by atoms with Gasteiger partial charge in [0.1, 0.15) is 5.75 Å². The van der Waals surface area contributed by atoms with Crippen molar-refractivity contribution in [2.24, 2.45) is 0 Å². The number of rotatable bonds is 6. The van der Waals surface area contributed by atoms with Gasteiger partial charge in [-0.1, -0.05) is 24.6 Å². The Balaban J connectivity index is 1.95. The van der Waals surface area contributed by atoms with E-state index in [1.807, 2.05) is 12.1 Å². The molecule has 1 heterocycles. The van der Waals surface area contributed by atoms with Crippen molar-refractivity contribution in [1.82, 2.24) is 10.2 Å². The molecule has 0 saturated carbocycles. The van der Waals surface area contributed by atoms with Gasteiger partial charge in [-0.05, 0) is 43.6 Å². The van der Waals surface area contributed by atoms with Gasteiger partial charge in [0.15, 0.2) is 0 Å². The third-order valence-electron chi connectivity index (χ3n) is 3.71. The Morgan fingerprint density at radius 3 is 2.89 bits per heavy atom. The zero-order chi connectivity index (χ0) is 13.7. The number of hydrogen-bond donors (Lipinski definition) is 1. The van der Waals surface area contributed by atoms with Crippen LogP contribution in [0.1, 0.15) is 25.3 Å². The summed E-state index contributed by atoms with van der Waals surface area (Å²) in [5, 5.41) is 4.24. The zero-order valence-electron chi connectivity index (χ0n) is 11.8. The molecule has 19 heavy (non-hydrogen) atoms. The molecule has 1 fully saturated rings. The van der Waals surface area contributed by atoms with Crippen molar-refractivity contribution in [3.05, 3.63) is 28.8 Å². The molecule has 4 heteroatoms. The number of nitrogens with one attached hydrogen (secondary N) is 1. The number of benzene rings is 1. The molecule has 0 bridgehead atoms. The standard InChI is InChI=1S/C15H23ClN2O/c1-3-18(11-13-5-4-8-17-13)10-12-6-7-15(19-2)14(16)9-12/h6-7,9,13,17H,3-5,8,10-11H2,1-2H3. The van der Waals surface area contributed by atoms with Crippen molar-refractivity contribution < 1.29 is 4.74 Å². The monoisotopic (exact) mass is 282 g/mol. The number of hydrogen-bond acceptors (Lipinski definition) is 3. The van der Waals surface area contributed by atoms with Crippen LogP contribution in [-0.2, 0) is 6.54 Å².